The highest BCUT2D eigenvalue weighted by molar-refractivity contribution is 6.13. The molecular weight excluding hydrogens is 524 g/mol. The molecule has 4 aromatic heterocycles. The first-order valence-electron chi connectivity index (χ1n) is 14.4. The lowest BCUT2D eigenvalue weighted by molar-refractivity contribution is -0.124. The van der Waals surface area contributed by atoms with Crippen LogP contribution in [0, 0.1) is 12.8 Å². The highest BCUT2D eigenvalue weighted by atomic mass is 16.2. The first-order chi connectivity index (χ1) is 20.6. The average Bonchev–Trinajstić information content (AvgIpc) is 3.90. The molecule has 208 valence electrons. The first-order valence-corrected chi connectivity index (χ1v) is 13.4. The second-order valence-corrected chi connectivity index (χ2v) is 10.6. The Morgan fingerprint density at radius 1 is 1.12 bits per heavy atom. The number of anilines is 3. The van der Waals surface area contributed by atoms with Gasteiger partial charge in [-0.15, -0.1) is 0 Å². The minimum absolute atomic E-state index is 0.0520. The molecule has 0 aromatic carbocycles. The molecule has 13 nitrogen and oxygen atoms in total. The second kappa shape index (κ2) is 9.61. The highest BCUT2D eigenvalue weighted by Crippen LogP contribution is 2.46. The molecule has 13 heteroatoms. The monoisotopic (exact) mass is 554 g/mol. The maximum absolute atomic E-state index is 12.9. The Kier molecular flexibility index (Phi) is 5.35. The standard InChI is InChI=1S/C28H28N10O3/c1-15-5-6-29-25(33-15)19-8-20(19)27(40)35-23-9-22(31-14-32-23)30-10-18-12-37-11-17(16-3-4-16)7-21(26(37)34-18)38-13-24(39)36(2)28(38)41/h5-7,9,11-12,14,16,19-20H,3-4,8,10,13H2,1-2H3,(H2,30,31,32,35,40)/i10D2. The van der Waals surface area contributed by atoms with E-state index in [2.05, 4.69) is 35.6 Å². The number of pyridine rings is 1. The van der Waals surface area contributed by atoms with Gasteiger partial charge in [-0.05, 0) is 49.8 Å². The van der Waals surface area contributed by atoms with E-state index in [0.717, 1.165) is 29.0 Å². The predicted molar refractivity (Wildman–Crippen MR) is 148 cm³/mol. The molecule has 0 spiro atoms. The van der Waals surface area contributed by atoms with Gasteiger partial charge in [0.25, 0.3) is 0 Å². The zero-order valence-electron chi connectivity index (χ0n) is 24.4. The summed E-state index contributed by atoms with van der Waals surface area (Å²) >= 11 is 0. The van der Waals surface area contributed by atoms with Crippen molar-refractivity contribution in [2.75, 3.05) is 29.1 Å². The van der Waals surface area contributed by atoms with Gasteiger partial charge in [-0.2, -0.15) is 0 Å². The molecule has 7 rings (SSSR count). The third kappa shape index (κ3) is 4.83. The van der Waals surface area contributed by atoms with Gasteiger partial charge in [-0.25, -0.2) is 29.7 Å². The lowest BCUT2D eigenvalue weighted by Crippen LogP contribution is -2.30. The molecule has 2 aliphatic carbocycles. The van der Waals surface area contributed by atoms with Gasteiger partial charge in [0.1, 0.15) is 30.3 Å². The Hall–Kier alpha value is -4.94. The summed E-state index contributed by atoms with van der Waals surface area (Å²) < 4.78 is 19.2. The molecule has 1 aliphatic heterocycles. The number of nitrogens with one attached hydrogen (secondary N) is 2. The van der Waals surface area contributed by atoms with E-state index in [0.29, 0.717) is 29.5 Å². The Balaban J connectivity index is 1.11. The van der Waals surface area contributed by atoms with Crippen LogP contribution in [0.1, 0.15) is 56.6 Å². The highest BCUT2D eigenvalue weighted by Gasteiger charge is 2.46. The van der Waals surface area contributed by atoms with Crippen molar-refractivity contribution in [3.63, 3.8) is 0 Å². The number of nitrogens with zero attached hydrogens (tertiary/aromatic N) is 8. The first kappa shape index (κ1) is 22.8. The molecule has 4 amide bonds. The van der Waals surface area contributed by atoms with Gasteiger partial charge in [0.2, 0.25) is 11.8 Å². The lowest BCUT2D eigenvalue weighted by Gasteiger charge is -2.17. The minimum atomic E-state index is -2.19. The molecule has 4 aromatic rings. The number of carbonyl (C=O) groups is 3. The lowest BCUT2D eigenvalue weighted by atomic mass is 10.1. The molecule has 3 fully saturated rings. The number of hydrogen-bond donors (Lipinski definition) is 2. The zero-order valence-corrected chi connectivity index (χ0v) is 22.4. The van der Waals surface area contributed by atoms with Crippen molar-refractivity contribution in [1.29, 1.82) is 0 Å². The van der Waals surface area contributed by atoms with Crippen LogP contribution >= 0.6 is 0 Å². The summed E-state index contributed by atoms with van der Waals surface area (Å²) in [7, 11) is 1.44. The number of urea groups is 1. The van der Waals surface area contributed by atoms with Crippen molar-refractivity contribution in [2.45, 2.75) is 44.5 Å². The van der Waals surface area contributed by atoms with Crippen LogP contribution in [-0.2, 0) is 16.1 Å². The zero-order chi connectivity index (χ0) is 30.0. The van der Waals surface area contributed by atoms with Gasteiger partial charge in [0.15, 0.2) is 5.65 Å². The molecule has 0 bridgehead atoms. The predicted octanol–water partition coefficient (Wildman–Crippen LogP) is 2.85. The third-order valence-corrected chi connectivity index (χ3v) is 7.59. The van der Waals surface area contributed by atoms with Crippen molar-refractivity contribution in [3.8, 4) is 0 Å². The van der Waals surface area contributed by atoms with E-state index >= 15 is 0 Å². The number of likely N-dealkylation sites (N-methyl/N-ethyl adjacent to an activating group) is 1. The maximum atomic E-state index is 12.9. The Bertz CT molecular complexity index is 1810. The number of fused-ring (bicyclic) bond motifs is 1. The number of imide groups is 1. The number of imidazole rings is 1. The summed E-state index contributed by atoms with van der Waals surface area (Å²) in [6, 6.07) is 4.67. The van der Waals surface area contributed by atoms with Crippen molar-refractivity contribution >= 4 is 40.8 Å². The smallest absolute Gasteiger partial charge is 0.331 e. The SMILES string of the molecule is [2H]C([2H])(Nc1cc(NC(=O)C2CC2c2nccc(C)n2)ncn1)c1cn2cc(C3CC3)cc(N3CC(=O)N(C)C3=O)c2n1. The van der Waals surface area contributed by atoms with Crippen molar-refractivity contribution in [1.82, 2.24) is 34.2 Å². The quantitative estimate of drug-likeness (QED) is 0.313. The van der Waals surface area contributed by atoms with Crippen molar-refractivity contribution in [2.24, 2.45) is 5.92 Å². The van der Waals surface area contributed by atoms with Crippen LogP contribution in [0.25, 0.3) is 5.65 Å². The van der Waals surface area contributed by atoms with Crippen LogP contribution in [0.3, 0.4) is 0 Å². The minimum Gasteiger partial charge on any atom is -0.364 e. The molecule has 0 radical (unpaired) electrons. The van der Waals surface area contributed by atoms with Gasteiger partial charge in [0, 0.05) is 49.2 Å². The summed E-state index contributed by atoms with van der Waals surface area (Å²) in [5.74, 6) is 0.488. The van der Waals surface area contributed by atoms with E-state index in [1.165, 1.54) is 24.3 Å². The van der Waals surface area contributed by atoms with E-state index < -0.39 is 12.5 Å². The van der Waals surface area contributed by atoms with Gasteiger partial charge >= 0.3 is 6.03 Å². The van der Waals surface area contributed by atoms with Crippen LogP contribution in [0.5, 0.6) is 0 Å². The Morgan fingerprint density at radius 2 is 1.95 bits per heavy atom. The number of aromatic nitrogens is 6. The van der Waals surface area contributed by atoms with E-state index in [1.807, 2.05) is 19.2 Å². The van der Waals surface area contributed by atoms with E-state index in [9.17, 15) is 14.4 Å². The molecule has 1 saturated heterocycles. The number of carbonyl (C=O) groups excluding carboxylic acids is 3. The summed E-state index contributed by atoms with van der Waals surface area (Å²) in [5.41, 5.74) is 2.70. The topological polar surface area (TPSA) is 151 Å². The summed E-state index contributed by atoms with van der Waals surface area (Å²) in [6.45, 7) is -0.422. The summed E-state index contributed by atoms with van der Waals surface area (Å²) in [4.78, 5) is 61.9. The largest absolute Gasteiger partial charge is 0.364 e. The van der Waals surface area contributed by atoms with E-state index in [1.54, 1.807) is 22.9 Å². The molecule has 2 saturated carbocycles. The van der Waals surface area contributed by atoms with Crippen molar-refractivity contribution in [3.05, 3.63) is 65.9 Å². The summed E-state index contributed by atoms with van der Waals surface area (Å²) in [6.07, 6.45) is 9.06. The van der Waals surface area contributed by atoms with Crippen LogP contribution in [0.15, 0.2) is 43.1 Å². The van der Waals surface area contributed by atoms with E-state index in [-0.39, 0.29) is 47.5 Å². The second-order valence-electron chi connectivity index (χ2n) is 10.6. The Morgan fingerprint density at radius 3 is 2.71 bits per heavy atom. The molecule has 2 N–H and O–H groups in total. The van der Waals surface area contributed by atoms with Gasteiger partial charge < -0.3 is 15.0 Å². The number of aryl methyl sites for hydroxylation is 1. The van der Waals surface area contributed by atoms with Gasteiger partial charge in [-0.1, -0.05) is 0 Å². The molecular formula is C28H28N10O3. The summed E-state index contributed by atoms with van der Waals surface area (Å²) in [5, 5.41) is 5.53. The Labute approximate surface area is 237 Å². The fourth-order valence-corrected chi connectivity index (χ4v) is 5.04. The van der Waals surface area contributed by atoms with Gasteiger partial charge in [0.05, 0.1) is 20.6 Å². The van der Waals surface area contributed by atoms with Crippen LogP contribution in [-0.4, -0.2) is 65.7 Å². The fraction of sp³-hybridized carbons (Fsp3) is 0.357. The number of hydrogen-bond acceptors (Lipinski definition) is 9. The van der Waals surface area contributed by atoms with Crippen molar-refractivity contribution < 1.29 is 17.1 Å². The van der Waals surface area contributed by atoms with Gasteiger partial charge in [-0.3, -0.25) is 19.4 Å². The number of rotatable bonds is 8. The fourth-order valence-electron chi connectivity index (χ4n) is 5.04. The normalized spacial score (nSPS) is 21.2. The molecule has 2 unspecified atom stereocenters. The molecule has 5 heterocycles. The van der Waals surface area contributed by atoms with Crippen LogP contribution in [0.4, 0.5) is 22.1 Å². The molecule has 2 atom stereocenters. The maximum Gasteiger partial charge on any atom is 0.331 e. The van der Waals surface area contributed by atoms with Crippen LogP contribution in [0.2, 0.25) is 0 Å². The van der Waals surface area contributed by atoms with Crippen LogP contribution < -0.4 is 15.5 Å². The molecule has 3 aliphatic rings. The number of amides is 4. The van der Waals surface area contributed by atoms with E-state index in [4.69, 9.17) is 2.74 Å². The molecule has 41 heavy (non-hydrogen) atoms. The third-order valence-electron chi connectivity index (χ3n) is 7.59. The average molecular weight is 555 g/mol.